The molecular formula is C6H9N3O2S. The van der Waals surface area contributed by atoms with E-state index >= 15 is 0 Å². The minimum absolute atomic E-state index is 0.388. The standard InChI is InChI=1S/C6H9N3O2S/c1-12-2-3-8-5(10)4(7)6(11)9-3/h4H,2,7H2,1H3,(H,8,9,10,11). The fourth-order valence-electron chi connectivity index (χ4n) is 0.768. The predicted molar refractivity (Wildman–Crippen MR) is 46.9 cm³/mol. The van der Waals surface area contributed by atoms with Crippen LogP contribution in [0.4, 0.5) is 0 Å². The molecule has 0 saturated heterocycles. The number of nitrogens with one attached hydrogen (secondary N) is 1. The minimum atomic E-state index is -1.13. The highest BCUT2D eigenvalue weighted by molar-refractivity contribution is 7.99. The molecule has 0 saturated carbocycles. The molecule has 0 aliphatic carbocycles. The zero-order valence-electron chi connectivity index (χ0n) is 6.53. The van der Waals surface area contributed by atoms with Gasteiger partial charge < -0.3 is 11.1 Å². The first kappa shape index (κ1) is 9.21. The van der Waals surface area contributed by atoms with Crippen molar-refractivity contribution in [2.45, 2.75) is 6.04 Å². The van der Waals surface area contributed by atoms with Crippen LogP contribution in [0, 0.1) is 0 Å². The third kappa shape index (κ3) is 1.83. The van der Waals surface area contributed by atoms with E-state index in [2.05, 4.69) is 10.3 Å². The highest BCUT2D eigenvalue weighted by atomic mass is 32.2. The number of nitrogens with two attached hydrogens (primary N) is 1. The molecule has 3 N–H and O–H groups in total. The Kier molecular flexibility index (Phi) is 2.83. The lowest BCUT2D eigenvalue weighted by molar-refractivity contribution is -0.129. The quantitative estimate of drug-likeness (QED) is 0.528. The molecule has 0 aromatic heterocycles. The van der Waals surface area contributed by atoms with Gasteiger partial charge >= 0.3 is 0 Å². The number of carbonyl (C=O) groups is 2. The van der Waals surface area contributed by atoms with Crippen molar-refractivity contribution in [2.24, 2.45) is 10.7 Å². The van der Waals surface area contributed by atoms with Gasteiger partial charge in [-0.3, -0.25) is 9.59 Å². The maximum absolute atomic E-state index is 10.9. The molecule has 0 radical (unpaired) electrons. The average Bonchev–Trinajstić information content (AvgIpc) is 2.01. The van der Waals surface area contributed by atoms with E-state index in [1.807, 2.05) is 6.26 Å². The molecule has 0 aromatic rings. The Morgan fingerprint density at radius 2 is 2.33 bits per heavy atom. The van der Waals surface area contributed by atoms with Gasteiger partial charge in [-0.25, -0.2) is 0 Å². The second-order valence-corrected chi connectivity index (χ2v) is 3.16. The van der Waals surface area contributed by atoms with Crippen LogP contribution in [0.3, 0.4) is 0 Å². The number of aliphatic imine (C=N–C) groups is 1. The van der Waals surface area contributed by atoms with Gasteiger partial charge in [0, 0.05) is 0 Å². The Bertz CT molecular complexity index is 251. The van der Waals surface area contributed by atoms with Gasteiger partial charge in [0.05, 0.1) is 5.75 Å². The molecule has 12 heavy (non-hydrogen) atoms. The van der Waals surface area contributed by atoms with Gasteiger partial charge in [-0.15, -0.1) is 0 Å². The lowest BCUT2D eigenvalue weighted by atomic mass is 10.2. The summed E-state index contributed by atoms with van der Waals surface area (Å²) in [4.78, 5) is 25.5. The van der Waals surface area contributed by atoms with E-state index in [-0.39, 0.29) is 0 Å². The van der Waals surface area contributed by atoms with Gasteiger partial charge in [-0.05, 0) is 6.26 Å². The van der Waals surface area contributed by atoms with Crippen LogP contribution in [0.2, 0.25) is 0 Å². The molecule has 5 nitrogen and oxygen atoms in total. The van der Waals surface area contributed by atoms with Crippen LogP contribution in [0.1, 0.15) is 0 Å². The maximum atomic E-state index is 10.9. The zero-order chi connectivity index (χ0) is 9.14. The number of hydrogen-bond donors (Lipinski definition) is 2. The number of rotatable bonds is 2. The van der Waals surface area contributed by atoms with Crippen molar-refractivity contribution in [3.05, 3.63) is 0 Å². The largest absolute Gasteiger partial charge is 0.312 e. The number of amides is 2. The second kappa shape index (κ2) is 3.68. The van der Waals surface area contributed by atoms with Crippen LogP contribution < -0.4 is 11.1 Å². The molecule has 1 atom stereocenters. The van der Waals surface area contributed by atoms with Crippen molar-refractivity contribution < 1.29 is 9.59 Å². The third-order valence-corrected chi connectivity index (χ3v) is 1.90. The summed E-state index contributed by atoms with van der Waals surface area (Å²) >= 11 is 1.47. The Hall–Kier alpha value is -0.880. The van der Waals surface area contributed by atoms with E-state index in [1.165, 1.54) is 11.8 Å². The highest BCUT2D eigenvalue weighted by Crippen LogP contribution is 1.98. The molecule has 1 unspecified atom stereocenters. The van der Waals surface area contributed by atoms with Crippen LogP contribution in [0.25, 0.3) is 0 Å². The zero-order valence-corrected chi connectivity index (χ0v) is 7.35. The van der Waals surface area contributed by atoms with E-state index in [0.29, 0.717) is 11.6 Å². The average molecular weight is 187 g/mol. The first-order chi connectivity index (χ1) is 5.65. The minimum Gasteiger partial charge on any atom is -0.312 e. The molecule has 1 rings (SSSR count). The summed E-state index contributed by atoms with van der Waals surface area (Å²) in [5, 5.41) is 2.44. The summed E-state index contributed by atoms with van der Waals surface area (Å²) in [6.07, 6.45) is 1.85. The molecule has 0 bridgehead atoms. The van der Waals surface area contributed by atoms with Gasteiger partial charge in [0.2, 0.25) is 0 Å². The SMILES string of the molecule is CSCC1=NC(=O)C(N)C(=O)N1. The van der Waals surface area contributed by atoms with Gasteiger partial charge in [0.25, 0.3) is 11.8 Å². The molecule has 0 fully saturated rings. The highest BCUT2D eigenvalue weighted by Gasteiger charge is 2.27. The number of nitrogens with zero attached hydrogens (tertiary/aromatic N) is 1. The Labute approximate surface area is 73.8 Å². The van der Waals surface area contributed by atoms with E-state index < -0.39 is 17.9 Å². The molecule has 6 heteroatoms. The van der Waals surface area contributed by atoms with Crippen molar-refractivity contribution in [2.75, 3.05) is 12.0 Å². The summed E-state index contributed by atoms with van der Waals surface area (Å²) in [6, 6.07) is -1.13. The fourth-order valence-corrected chi connectivity index (χ4v) is 1.18. The number of carbonyl (C=O) groups excluding carboxylic acids is 2. The third-order valence-electron chi connectivity index (χ3n) is 1.34. The first-order valence-corrected chi connectivity index (χ1v) is 4.71. The smallest absolute Gasteiger partial charge is 0.274 e. The normalized spacial score (nSPS) is 23.5. The molecule has 0 aromatic carbocycles. The summed E-state index contributed by atoms with van der Waals surface area (Å²) < 4.78 is 0. The van der Waals surface area contributed by atoms with Gasteiger partial charge in [-0.2, -0.15) is 16.8 Å². The Morgan fingerprint density at radius 3 is 2.83 bits per heavy atom. The molecule has 0 spiro atoms. The Morgan fingerprint density at radius 1 is 1.67 bits per heavy atom. The van der Waals surface area contributed by atoms with E-state index in [1.54, 1.807) is 0 Å². The molecule has 2 amide bonds. The summed E-state index contributed by atoms with van der Waals surface area (Å²) in [5.41, 5.74) is 5.20. The van der Waals surface area contributed by atoms with Crippen molar-refractivity contribution >= 4 is 29.4 Å². The van der Waals surface area contributed by atoms with Crippen LogP contribution in [-0.2, 0) is 9.59 Å². The Balaban J connectivity index is 2.74. The van der Waals surface area contributed by atoms with Crippen LogP contribution in [0.15, 0.2) is 4.99 Å². The van der Waals surface area contributed by atoms with E-state index in [0.717, 1.165) is 0 Å². The summed E-state index contributed by atoms with van der Waals surface area (Å²) in [7, 11) is 0. The topological polar surface area (TPSA) is 84.6 Å². The monoisotopic (exact) mass is 187 g/mol. The molecule has 1 aliphatic heterocycles. The van der Waals surface area contributed by atoms with Gasteiger partial charge in [0.15, 0.2) is 6.04 Å². The number of hydrogen-bond acceptors (Lipinski definition) is 4. The molecular weight excluding hydrogens is 178 g/mol. The maximum Gasteiger partial charge on any atom is 0.274 e. The van der Waals surface area contributed by atoms with E-state index in [9.17, 15) is 9.59 Å². The lowest BCUT2D eigenvalue weighted by Gasteiger charge is -2.15. The molecule has 1 heterocycles. The molecule has 1 aliphatic rings. The van der Waals surface area contributed by atoms with E-state index in [4.69, 9.17) is 5.73 Å². The molecule has 66 valence electrons. The van der Waals surface area contributed by atoms with Gasteiger partial charge in [-0.1, -0.05) is 0 Å². The summed E-state index contributed by atoms with van der Waals surface area (Å²) in [6.45, 7) is 0. The van der Waals surface area contributed by atoms with Crippen LogP contribution in [0.5, 0.6) is 0 Å². The number of amidine groups is 1. The van der Waals surface area contributed by atoms with Crippen LogP contribution in [-0.4, -0.2) is 35.7 Å². The van der Waals surface area contributed by atoms with Crippen molar-refractivity contribution in [1.29, 1.82) is 0 Å². The summed E-state index contributed by atoms with van der Waals surface area (Å²) in [5.74, 6) is -0.134. The van der Waals surface area contributed by atoms with Gasteiger partial charge in [0.1, 0.15) is 5.84 Å². The predicted octanol–water partition coefficient (Wildman–Crippen LogP) is -1.27. The first-order valence-electron chi connectivity index (χ1n) is 3.32. The number of thioether (sulfide) groups is 1. The fraction of sp³-hybridized carbons (Fsp3) is 0.500. The van der Waals surface area contributed by atoms with Crippen LogP contribution >= 0.6 is 11.8 Å². The second-order valence-electron chi connectivity index (χ2n) is 2.30. The van der Waals surface area contributed by atoms with Crippen molar-refractivity contribution in [1.82, 2.24) is 5.32 Å². The van der Waals surface area contributed by atoms with Crippen molar-refractivity contribution in [3.8, 4) is 0 Å². The lowest BCUT2D eigenvalue weighted by Crippen LogP contribution is -2.52. The van der Waals surface area contributed by atoms with Crippen molar-refractivity contribution in [3.63, 3.8) is 0 Å².